The number of hydrogen-bond donors (Lipinski definition) is 0. The lowest BCUT2D eigenvalue weighted by molar-refractivity contribution is -0.144. The Morgan fingerprint density at radius 1 is 1.25 bits per heavy atom. The number of rotatable bonds is 4. The summed E-state index contributed by atoms with van der Waals surface area (Å²) in [6.45, 7) is 9.94. The molecule has 5 nitrogen and oxygen atoms in total. The normalized spacial score (nSPS) is 18.6. The zero-order valence-electron chi connectivity index (χ0n) is 12.7. The van der Waals surface area contributed by atoms with Gasteiger partial charge in [0.2, 0.25) is 0 Å². The van der Waals surface area contributed by atoms with Crippen molar-refractivity contribution in [2.24, 2.45) is 0 Å². The first-order valence-electron chi connectivity index (χ1n) is 6.47. The van der Waals surface area contributed by atoms with E-state index in [0.717, 1.165) is 0 Å². The van der Waals surface area contributed by atoms with Gasteiger partial charge < -0.3 is 9.47 Å². The molecule has 110 valence electrons. The highest BCUT2D eigenvalue weighted by molar-refractivity contribution is 6.19. The van der Waals surface area contributed by atoms with Crippen molar-refractivity contribution in [1.82, 2.24) is 0 Å². The third-order valence-corrected chi connectivity index (χ3v) is 3.41. The highest BCUT2D eigenvalue weighted by Crippen LogP contribution is 2.36. The first kappa shape index (κ1) is 16.1. The van der Waals surface area contributed by atoms with E-state index < -0.39 is 23.3 Å². The van der Waals surface area contributed by atoms with Gasteiger partial charge in [0.05, 0.1) is 12.2 Å². The largest absolute Gasteiger partial charge is 0.462 e. The molecule has 0 bridgehead atoms. The Kier molecular flexibility index (Phi) is 4.53. The van der Waals surface area contributed by atoms with Crippen LogP contribution in [0.2, 0.25) is 0 Å². The maximum absolute atomic E-state index is 12.0. The van der Waals surface area contributed by atoms with E-state index in [1.165, 1.54) is 6.92 Å². The maximum atomic E-state index is 12.0. The van der Waals surface area contributed by atoms with Gasteiger partial charge in [-0.25, -0.2) is 9.59 Å². The minimum Gasteiger partial charge on any atom is -0.462 e. The summed E-state index contributed by atoms with van der Waals surface area (Å²) >= 11 is 0. The quantitative estimate of drug-likeness (QED) is 0.341. The van der Waals surface area contributed by atoms with Crippen LogP contribution in [0.4, 0.5) is 0 Å². The Morgan fingerprint density at radius 3 is 2.15 bits per heavy atom. The first-order valence-corrected chi connectivity index (χ1v) is 6.47. The molecule has 20 heavy (non-hydrogen) atoms. The Labute approximate surface area is 118 Å². The minimum atomic E-state index is -0.732. The lowest BCUT2D eigenvalue weighted by Crippen LogP contribution is -2.21. The Bertz CT molecular complexity index is 534. The third kappa shape index (κ3) is 2.81. The van der Waals surface area contributed by atoms with E-state index in [2.05, 4.69) is 0 Å². The van der Waals surface area contributed by atoms with Gasteiger partial charge in [0.15, 0.2) is 5.78 Å². The summed E-state index contributed by atoms with van der Waals surface area (Å²) < 4.78 is 10.1. The second-order valence-corrected chi connectivity index (χ2v) is 5.18. The molecule has 0 spiro atoms. The molecule has 0 atom stereocenters. The van der Waals surface area contributed by atoms with Gasteiger partial charge in [0.1, 0.15) is 11.2 Å². The van der Waals surface area contributed by atoms with Crippen molar-refractivity contribution in [3.63, 3.8) is 0 Å². The fourth-order valence-electron chi connectivity index (χ4n) is 2.14. The second-order valence-electron chi connectivity index (χ2n) is 5.18. The average Bonchev–Trinajstić information content (AvgIpc) is 2.47. The van der Waals surface area contributed by atoms with Gasteiger partial charge in [-0.3, -0.25) is 4.79 Å². The van der Waals surface area contributed by atoms with Gasteiger partial charge in [-0.05, 0) is 52.7 Å². The molecule has 0 aromatic heterocycles. The molecule has 0 N–H and O–H groups in total. The van der Waals surface area contributed by atoms with Gasteiger partial charge in [-0.1, -0.05) is 0 Å². The lowest BCUT2D eigenvalue weighted by atomic mass is 9.91. The van der Waals surface area contributed by atoms with Crippen molar-refractivity contribution in [1.29, 1.82) is 0 Å². The van der Waals surface area contributed by atoms with Crippen LogP contribution in [0.3, 0.4) is 0 Å². The monoisotopic (exact) mass is 280 g/mol. The minimum absolute atomic E-state index is 0.101. The second kappa shape index (κ2) is 5.61. The third-order valence-electron chi connectivity index (χ3n) is 3.41. The number of cyclic esters (lactones) is 1. The number of hydrogen-bond acceptors (Lipinski definition) is 5. The Morgan fingerprint density at radius 2 is 1.80 bits per heavy atom. The number of esters is 2. The van der Waals surface area contributed by atoms with Gasteiger partial charge in [-0.15, -0.1) is 0 Å². The van der Waals surface area contributed by atoms with Crippen LogP contribution in [0.1, 0.15) is 41.5 Å². The van der Waals surface area contributed by atoms with E-state index in [-0.39, 0.29) is 17.8 Å². The molecule has 0 aliphatic carbocycles. The van der Waals surface area contributed by atoms with Crippen molar-refractivity contribution >= 4 is 17.7 Å². The zero-order valence-corrected chi connectivity index (χ0v) is 12.7. The molecule has 0 fully saturated rings. The first-order chi connectivity index (χ1) is 9.13. The summed E-state index contributed by atoms with van der Waals surface area (Å²) in [5, 5.41) is 0. The maximum Gasteiger partial charge on any atom is 0.342 e. The Hall–Kier alpha value is -1.91. The van der Waals surface area contributed by atoms with E-state index in [1.54, 1.807) is 34.6 Å². The van der Waals surface area contributed by atoms with Crippen LogP contribution in [-0.2, 0) is 23.9 Å². The molecule has 0 unspecified atom stereocenters. The van der Waals surface area contributed by atoms with Gasteiger partial charge >= 0.3 is 11.9 Å². The van der Waals surface area contributed by atoms with Crippen LogP contribution in [0.5, 0.6) is 0 Å². The van der Waals surface area contributed by atoms with Crippen LogP contribution in [0.15, 0.2) is 22.3 Å². The summed E-state index contributed by atoms with van der Waals surface area (Å²) in [7, 11) is 0. The SMILES string of the molecule is CCOC(=O)/C(C(C)=O)=C(/C)C1=C(C)C(C)(C)OC1=O. The fourth-order valence-corrected chi connectivity index (χ4v) is 2.14. The van der Waals surface area contributed by atoms with E-state index >= 15 is 0 Å². The summed E-state index contributed by atoms with van der Waals surface area (Å²) in [6, 6.07) is 0. The number of ether oxygens (including phenoxy) is 2. The van der Waals surface area contributed by atoms with Crippen LogP contribution < -0.4 is 0 Å². The van der Waals surface area contributed by atoms with Crippen LogP contribution >= 0.6 is 0 Å². The van der Waals surface area contributed by atoms with Gasteiger partial charge in [0, 0.05) is 0 Å². The molecular formula is C15H20O5. The van der Waals surface area contributed by atoms with Crippen molar-refractivity contribution in [3.8, 4) is 0 Å². The molecule has 5 heteroatoms. The van der Waals surface area contributed by atoms with Crippen molar-refractivity contribution in [3.05, 3.63) is 22.3 Å². The predicted molar refractivity (Wildman–Crippen MR) is 72.9 cm³/mol. The van der Waals surface area contributed by atoms with Crippen LogP contribution in [-0.4, -0.2) is 29.9 Å². The van der Waals surface area contributed by atoms with Crippen LogP contribution in [0.25, 0.3) is 0 Å². The summed E-state index contributed by atoms with van der Waals surface area (Å²) in [5.74, 6) is -1.66. The molecule has 1 aliphatic heterocycles. The van der Waals surface area contributed by atoms with E-state index in [0.29, 0.717) is 11.1 Å². The molecule has 0 aromatic rings. The smallest absolute Gasteiger partial charge is 0.342 e. The van der Waals surface area contributed by atoms with Crippen molar-refractivity contribution in [2.45, 2.75) is 47.1 Å². The van der Waals surface area contributed by atoms with Crippen LogP contribution in [0, 0.1) is 0 Å². The topological polar surface area (TPSA) is 69.7 Å². The predicted octanol–water partition coefficient (Wildman–Crippen LogP) is 2.11. The molecule has 0 amide bonds. The number of ketones is 1. The van der Waals surface area contributed by atoms with Crippen molar-refractivity contribution < 1.29 is 23.9 Å². The standard InChI is InChI=1S/C15H20O5/c1-7-19-13(17)12(10(4)16)8(2)11-9(3)15(5,6)20-14(11)18/h7H2,1-6H3/b12-8-. The fraction of sp³-hybridized carbons (Fsp3) is 0.533. The van der Waals surface area contributed by atoms with E-state index in [9.17, 15) is 14.4 Å². The van der Waals surface area contributed by atoms with E-state index in [4.69, 9.17) is 9.47 Å². The molecule has 0 saturated carbocycles. The molecule has 0 saturated heterocycles. The number of Topliss-reactive ketones (excluding diaryl/α,β-unsaturated/α-hetero) is 1. The molecule has 1 heterocycles. The molecular weight excluding hydrogens is 260 g/mol. The molecule has 0 radical (unpaired) electrons. The lowest BCUT2D eigenvalue weighted by Gasteiger charge is -2.18. The number of carbonyl (C=O) groups is 3. The Balaban J connectivity index is 3.44. The highest BCUT2D eigenvalue weighted by atomic mass is 16.6. The summed E-state index contributed by atoms with van der Waals surface area (Å²) in [6.07, 6.45) is 0. The van der Waals surface area contributed by atoms with Gasteiger partial charge in [-0.2, -0.15) is 0 Å². The van der Waals surface area contributed by atoms with E-state index in [1.807, 2.05) is 0 Å². The molecule has 1 rings (SSSR count). The zero-order chi connectivity index (χ0) is 15.7. The summed E-state index contributed by atoms with van der Waals surface area (Å²) in [4.78, 5) is 35.6. The highest BCUT2D eigenvalue weighted by Gasteiger charge is 2.39. The molecule has 1 aliphatic rings. The average molecular weight is 280 g/mol. The van der Waals surface area contributed by atoms with Crippen molar-refractivity contribution in [2.75, 3.05) is 6.61 Å². The molecule has 0 aromatic carbocycles. The number of carbonyl (C=O) groups excluding carboxylic acids is 3. The summed E-state index contributed by atoms with van der Waals surface area (Å²) in [5.41, 5.74) is 0.459. The van der Waals surface area contributed by atoms with Gasteiger partial charge in [0.25, 0.3) is 0 Å².